The topological polar surface area (TPSA) is 97.9 Å². The second-order valence-corrected chi connectivity index (χ2v) is 14.3. The van der Waals surface area contributed by atoms with E-state index in [-0.39, 0.29) is 59.8 Å². The number of hydrogen-bond donors (Lipinski definition) is 1. The number of epoxide rings is 2. The van der Waals surface area contributed by atoms with Crippen LogP contribution < -0.4 is 0 Å². The lowest BCUT2D eigenvalue weighted by Gasteiger charge is -2.37. The summed E-state index contributed by atoms with van der Waals surface area (Å²) < 4.78 is 24.4. The molecule has 2 aromatic carbocycles. The SMILES string of the molecule is CC.CC1CCCC(C)(C)C(CC2OC23C(O)C(C(C)C)C[C@@H]2OC23)/C1=C(/OCOC(=O)c1ccccc1)C(=O)c1ccccc1. The van der Waals surface area contributed by atoms with Crippen molar-refractivity contribution in [3.8, 4) is 0 Å². The summed E-state index contributed by atoms with van der Waals surface area (Å²) >= 11 is 0. The molecule has 0 aromatic heterocycles. The first-order valence-corrected chi connectivity index (χ1v) is 17.2. The highest BCUT2D eigenvalue weighted by Crippen LogP contribution is 2.62. The molecule has 0 bridgehead atoms. The molecule has 7 heteroatoms. The van der Waals surface area contributed by atoms with Gasteiger partial charge in [-0.3, -0.25) is 4.79 Å². The van der Waals surface area contributed by atoms with E-state index in [0.717, 1.165) is 31.3 Å². The fraction of sp³-hybridized carbons (Fsp3) is 0.590. The number of hydrogen-bond acceptors (Lipinski definition) is 7. The number of benzene rings is 2. The highest BCUT2D eigenvalue weighted by atomic mass is 16.7. The lowest BCUT2D eigenvalue weighted by Crippen LogP contribution is -2.49. The normalized spacial score (nSPS) is 33.5. The minimum Gasteiger partial charge on any atom is -0.453 e. The van der Waals surface area contributed by atoms with Crippen LogP contribution in [-0.4, -0.2) is 53.7 Å². The summed E-state index contributed by atoms with van der Waals surface area (Å²) in [5.41, 5.74) is 1.03. The molecule has 4 aliphatic rings. The first kappa shape index (κ1) is 34.3. The summed E-state index contributed by atoms with van der Waals surface area (Å²) in [6.07, 6.45) is 3.74. The third kappa shape index (κ3) is 6.69. The van der Waals surface area contributed by atoms with E-state index in [4.69, 9.17) is 18.9 Å². The molecule has 2 saturated heterocycles. The van der Waals surface area contributed by atoms with Gasteiger partial charge in [0.25, 0.3) is 0 Å². The van der Waals surface area contributed by atoms with Crippen LogP contribution in [0.25, 0.3) is 0 Å². The van der Waals surface area contributed by atoms with E-state index in [2.05, 4.69) is 34.6 Å². The van der Waals surface area contributed by atoms with E-state index in [9.17, 15) is 14.7 Å². The molecule has 2 aliphatic heterocycles. The van der Waals surface area contributed by atoms with Crippen molar-refractivity contribution in [2.45, 2.75) is 111 Å². The van der Waals surface area contributed by atoms with Crippen LogP contribution in [0.4, 0.5) is 0 Å². The summed E-state index contributed by atoms with van der Waals surface area (Å²) in [6.45, 7) is 14.6. The summed E-state index contributed by atoms with van der Waals surface area (Å²) in [5.74, 6) is -0.0218. The molecule has 1 N–H and O–H groups in total. The number of ketones is 1. The van der Waals surface area contributed by atoms with Crippen LogP contribution in [-0.2, 0) is 18.9 Å². The number of aliphatic hydroxyl groups excluding tert-OH is 1. The quantitative estimate of drug-likeness (QED) is 0.0574. The fourth-order valence-corrected chi connectivity index (χ4v) is 8.01. The Morgan fingerprint density at radius 1 is 0.978 bits per heavy atom. The predicted molar refractivity (Wildman–Crippen MR) is 177 cm³/mol. The molecular formula is C39H52O7. The van der Waals surface area contributed by atoms with E-state index in [0.29, 0.717) is 23.5 Å². The smallest absolute Gasteiger partial charge is 0.340 e. The van der Waals surface area contributed by atoms with E-state index in [1.165, 1.54) is 0 Å². The number of rotatable bonds is 9. The van der Waals surface area contributed by atoms with E-state index >= 15 is 0 Å². The summed E-state index contributed by atoms with van der Waals surface area (Å²) in [7, 11) is 0. The molecule has 8 atom stereocenters. The number of carbonyl (C=O) groups excluding carboxylic acids is 2. The third-order valence-electron chi connectivity index (χ3n) is 10.7. The average Bonchev–Trinajstić information content (AvgIpc) is 3.98. The van der Waals surface area contributed by atoms with Gasteiger partial charge >= 0.3 is 5.97 Å². The number of ether oxygens (including phenoxy) is 4. The van der Waals surface area contributed by atoms with Gasteiger partial charge in [0, 0.05) is 5.56 Å². The summed E-state index contributed by atoms with van der Waals surface area (Å²) in [5, 5.41) is 11.6. The van der Waals surface area contributed by atoms with Gasteiger partial charge in [-0.2, -0.15) is 0 Å². The number of allylic oxidation sites excluding steroid dienone is 2. The van der Waals surface area contributed by atoms with Crippen LogP contribution in [0, 0.1) is 29.1 Å². The van der Waals surface area contributed by atoms with Gasteiger partial charge in [-0.25, -0.2) is 4.79 Å². The molecule has 2 aliphatic carbocycles. The maximum absolute atomic E-state index is 14.2. The molecule has 0 amide bonds. The minimum atomic E-state index is -0.690. The van der Waals surface area contributed by atoms with Crippen LogP contribution in [0.1, 0.15) is 101 Å². The maximum atomic E-state index is 14.2. The lowest BCUT2D eigenvalue weighted by molar-refractivity contribution is -0.0118. The number of fused-ring (bicyclic) bond motifs is 2. The standard InChI is InChI=1S/C37H46O7.C2H6/c1-22(2)26-19-28-34(43-28)37(33(26)39)29(44-37)20-27-30(23(3)13-12-18-36(27,4)5)32(31(38)24-14-8-6-9-15-24)41-21-42-35(40)25-16-10-7-11-17-25;1-2/h6-11,14-17,22-23,26-29,33-34,39H,12-13,18-21H2,1-5H3;1-2H3/b32-30+;/t23?,26?,27?,28-,29?,33?,34?,37?;/m0./s1. The Labute approximate surface area is 274 Å². The molecule has 1 spiro atoms. The first-order chi connectivity index (χ1) is 22.0. The zero-order chi connectivity index (χ0) is 33.2. The Kier molecular flexibility index (Phi) is 10.5. The predicted octanol–water partition coefficient (Wildman–Crippen LogP) is 7.78. The molecule has 6 rings (SSSR count). The van der Waals surface area contributed by atoms with Gasteiger partial charge < -0.3 is 24.1 Å². The van der Waals surface area contributed by atoms with Crippen molar-refractivity contribution in [3.63, 3.8) is 0 Å². The van der Waals surface area contributed by atoms with E-state index in [1.807, 2.05) is 38.1 Å². The average molecular weight is 633 g/mol. The Bertz CT molecular complexity index is 1380. The van der Waals surface area contributed by atoms with Crippen molar-refractivity contribution in [1.82, 2.24) is 0 Å². The van der Waals surface area contributed by atoms with Crippen LogP contribution in [0.3, 0.4) is 0 Å². The fourth-order valence-electron chi connectivity index (χ4n) is 8.01. The van der Waals surface area contributed by atoms with Crippen LogP contribution in [0.5, 0.6) is 0 Å². The van der Waals surface area contributed by atoms with Crippen molar-refractivity contribution in [3.05, 3.63) is 83.1 Å². The highest BCUT2D eigenvalue weighted by Gasteiger charge is 2.77. The molecule has 2 aromatic rings. The van der Waals surface area contributed by atoms with Gasteiger partial charge in [-0.05, 0) is 72.5 Å². The molecule has 2 heterocycles. The second-order valence-electron chi connectivity index (χ2n) is 14.3. The third-order valence-corrected chi connectivity index (χ3v) is 10.7. The molecule has 2 saturated carbocycles. The second kappa shape index (κ2) is 14.0. The Balaban J connectivity index is 0.00000204. The molecule has 46 heavy (non-hydrogen) atoms. The zero-order valence-electron chi connectivity index (χ0n) is 28.5. The Morgan fingerprint density at radius 3 is 2.24 bits per heavy atom. The zero-order valence-corrected chi connectivity index (χ0v) is 28.5. The lowest BCUT2D eigenvalue weighted by atomic mass is 9.66. The molecule has 7 nitrogen and oxygen atoms in total. The Morgan fingerprint density at radius 2 is 1.61 bits per heavy atom. The van der Waals surface area contributed by atoms with Crippen LogP contribution >= 0.6 is 0 Å². The van der Waals surface area contributed by atoms with Crippen LogP contribution in [0.15, 0.2) is 72.0 Å². The summed E-state index contributed by atoms with van der Waals surface area (Å²) in [6, 6.07) is 17.9. The summed E-state index contributed by atoms with van der Waals surface area (Å²) in [4.78, 5) is 27.0. The van der Waals surface area contributed by atoms with Gasteiger partial charge in [-0.15, -0.1) is 0 Å². The van der Waals surface area contributed by atoms with Crippen molar-refractivity contribution in [1.29, 1.82) is 0 Å². The first-order valence-electron chi connectivity index (χ1n) is 17.2. The largest absolute Gasteiger partial charge is 0.453 e. The number of carbonyl (C=O) groups is 2. The van der Waals surface area contributed by atoms with Gasteiger partial charge in [0.15, 0.2) is 5.76 Å². The molecule has 0 radical (unpaired) electrons. The molecular weight excluding hydrogens is 580 g/mol. The molecule has 250 valence electrons. The Hall–Kier alpha value is -3.00. The monoisotopic (exact) mass is 632 g/mol. The highest BCUT2D eigenvalue weighted by molar-refractivity contribution is 6.07. The van der Waals surface area contributed by atoms with Crippen molar-refractivity contribution in [2.75, 3.05) is 6.79 Å². The molecule has 7 unspecified atom stereocenters. The van der Waals surface area contributed by atoms with Crippen LogP contribution in [0.2, 0.25) is 0 Å². The molecule has 4 fully saturated rings. The number of esters is 1. The van der Waals surface area contributed by atoms with Gasteiger partial charge in [0.1, 0.15) is 11.7 Å². The number of aliphatic hydroxyl groups is 1. The van der Waals surface area contributed by atoms with Gasteiger partial charge in [0.05, 0.1) is 23.9 Å². The van der Waals surface area contributed by atoms with Gasteiger partial charge in [0.2, 0.25) is 12.6 Å². The number of Topliss-reactive ketones (excluding diaryl/α,β-unsaturated/α-hetero) is 1. The van der Waals surface area contributed by atoms with Crippen molar-refractivity contribution >= 4 is 11.8 Å². The van der Waals surface area contributed by atoms with Crippen molar-refractivity contribution in [2.24, 2.45) is 29.1 Å². The maximum Gasteiger partial charge on any atom is 0.340 e. The van der Waals surface area contributed by atoms with E-state index in [1.54, 1.807) is 36.4 Å². The van der Waals surface area contributed by atoms with Gasteiger partial charge in [-0.1, -0.05) is 103 Å². The minimum absolute atomic E-state index is 0.0549. The van der Waals surface area contributed by atoms with E-state index < -0.39 is 17.7 Å². The van der Waals surface area contributed by atoms with Crippen molar-refractivity contribution < 1.29 is 33.6 Å².